The number of alkyl carbamates (subject to hydrolysis) is 1. The SMILES string of the molecule is CC(C)(C)OC(=O)NCc1cccc(-n2nc(C(F)(F)F)cc2CNc2cccc(C(NCC3CC3)c3cc(OCc4ccccc4)ccc3OCc3ccccc3)c2)c1. The van der Waals surface area contributed by atoms with Crippen molar-refractivity contribution in [2.24, 2.45) is 5.92 Å². The summed E-state index contributed by atoms with van der Waals surface area (Å²) in [6.07, 6.45) is -2.93. The summed E-state index contributed by atoms with van der Waals surface area (Å²) in [5.74, 6) is 1.99. The van der Waals surface area contributed by atoms with Crippen LogP contribution in [0.25, 0.3) is 5.69 Å². The minimum atomic E-state index is -4.66. The molecule has 1 aliphatic carbocycles. The molecule has 60 heavy (non-hydrogen) atoms. The molecule has 312 valence electrons. The molecule has 0 bridgehead atoms. The zero-order valence-electron chi connectivity index (χ0n) is 34.0. The molecule has 1 amide bonds. The van der Waals surface area contributed by atoms with Crippen molar-refractivity contribution < 1.29 is 32.2 Å². The van der Waals surface area contributed by atoms with Crippen LogP contribution in [0.15, 0.2) is 133 Å². The molecule has 0 radical (unpaired) electrons. The molecule has 1 aliphatic rings. The van der Waals surface area contributed by atoms with Gasteiger partial charge in [0.2, 0.25) is 0 Å². The maximum absolute atomic E-state index is 14.1. The number of carbonyl (C=O) groups excluding carboxylic acids is 1. The van der Waals surface area contributed by atoms with Crippen LogP contribution in [0.5, 0.6) is 11.5 Å². The zero-order valence-corrected chi connectivity index (χ0v) is 34.0. The number of hydrogen-bond acceptors (Lipinski definition) is 7. The Labute approximate surface area is 348 Å². The van der Waals surface area contributed by atoms with Crippen molar-refractivity contribution in [2.75, 3.05) is 11.9 Å². The Kier molecular flexibility index (Phi) is 13.1. The van der Waals surface area contributed by atoms with E-state index in [1.54, 1.807) is 45.0 Å². The average molecular weight is 818 g/mol. The highest BCUT2D eigenvalue weighted by Gasteiger charge is 2.35. The molecule has 1 heterocycles. The van der Waals surface area contributed by atoms with E-state index in [1.807, 2.05) is 103 Å². The lowest BCUT2D eigenvalue weighted by molar-refractivity contribution is -0.141. The molecule has 0 aliphatic heterocycles. The highest BCUT2D eigenvalue weighted by Crippen LogP contribution is 2.37. The molecule has 0 saturated heterocycles. The van der Waals surface area contributed by atoms with Gasteiger partial charge in [-0.2, -0.15) is 18.3 Å². The Morgan fingerprint density at radius 2 is 1.45 bits per heavy atom. The minimum Gasteiger partial charge on any atom is -0.489 e. The van der Waals surface area contributed by atoms with E-state index in [0.29, 0.717) is 53.3 Å². The first-order chi connectivity index (χ1) is 28.9. The summed E-state index contributed by atoms with van der Waals surface area (Å²) in [5.41, 5.74) is 4.36. The minimum absolute atomic E-state index is 0.0430. The predicted molar refractivity (Wildman–Crippen MR) is 226 cm³/mol. The predicted octanol–water partition coefficient (Wildman–Crippen LogP) is 10.8. The summed E-state index contributed by atoms with van der Waals surface area (Å²) >= 11 is 0. The van der Waals surface area contributed by atoms with E-state index >= 15 is 0 Å². The first kappa shape index (κ1) is 41.9. The first-order valence-electron chi connectivity index (χ1n) is 20.1. The number of hydrogen-bond donors (Lipinski definition) is 3. The van der Waals surface area contributed by atoms with Gasteiger partial charge in [-0.3, -0.25) is 0 Å². The van der Waals surface area contributed by atoms with E-state index in [2.05, 4.69) is 21.0 Å². The van der Waals surface area contributed by atoms with Gasteiger partial charge in [0.05, 0.1) is 24.0 Å². The molecule has 0 spiro atoms. The van der Waals surface area contributed by atoms with Gasteiger partial charge in [-0.15, -0.1) is 0 Å². The summed E-state index contributed by atoms with van der Waals surface area (Å²) in [7, 11) is 0. The highest BCUT2D eigenvalue weighted by atomic mass is 19.4. The van der Waals surface area contributed by atoms with Crippen LogP contribution in [0.4, 0.5) is 23.7 Å². The summed E-state index contributed by atoms with van der Waals surface area (Å²) in [4.78, 5) is 12.3. The Balaban J connectivity index is 1.15. The number of amides is 1. The van der Waals surface area contributed by atoms with Gasteiger partial charge in [0.25, 0.3) is 0 Å². The molecule has 9 nitrogen and oxygen atoms in total. The molecule has 1 atom stereocenters. The quantitative estimate of drug-likeness (QED) is 0.0843. The third kappa shape index (κ3) is 11.9. The van der Waals surface area contributed by atoms with Crippen LogP contribution in [0.3, 0.4) is 0 Å². The second-order valence-electron chi connectivity index (χ2n) is 16.0. The Bertz CT molecular complexity index is 2340. The second-order valence-corrected chi connectivity index (χ2v) is 16.0. The first-order valence-corrected chi connectivity index (χ1v) is 20.1. The number of ether oxygens (including phenoxy) is 3. The zero-order chi connectivity index (χ0) is 42.1. The van der Waals surface area contributed by atoms with Crippen LogP contribution < -0.4 is 25.4 Å². The molecule has 1 aromatic heterocycles. The summed E-state index contributed by atoms with van der Waals surface area (Å²) in [5, 5.41) is 13.8. The van der Waals surface area contributed by atoms with Crippen LogP contribution in [0, 0.1) is 5.92 Å². The monoisotopic (exact) mass is 817 g/mol. The van der Waals surface area contributed by atoms with Gasteiger partial charge in [0.15, 0.2) is 5.69 Å². The standard InChI is InChI=1S/C48H50F3N5O4/c1-47(2,3)60-46(57)54-29-36-16-10-19-39(24-36)56-40(26-44(55-56)48(49,50)51)30-52-38-18-11-17-37(25-38)45(53-28-33-20-21-33)42-27-41(58-31-34-12-6-4-7-13-34)22-23-43(42)59-32-35-14-8-5-9-15-35/h4-19,22-27,33,45,52-53H,20-21,28-32H2,1-3H3,(H,54,57). The van der Waals surface area contributed by atoms with E-state index < -0.39 is 23.6 Å². The molecule has 1 fully saturated rings. The average Bonchev–Trinajstić information content (AvgIpc) is 3.96. The molecular formula is C48H50F3N5O4. The molecule has 12 heteroatoms. The van der Waals surface area contributed by atoms with Gasteiger partial charge >= 0.3 is 12.3 Å². The third-order valence-electron chi connectivity index (χ3n) is 9.84. The highest BCUT2D eigenvalue weighted by molar-refractivity contribution is 5.67. The van der Waals surface area contributed by atoms with E-state index in [1.165, 1.54) is 4.68 Å². The van der Waals surface area contributed by atoms with Crippen molar-refractivity contribution in [1.29, 1.82) is 0 Å². The number of alkyl halides is 3. The van der Waals surface area contributed by atoms with Crippen molar-refractivity contribution in [1.82, 2.24) is 20.4 Å². The summed E-state index contributed by atoms with van der Waals surface area (Å²) < 4.78 is 61.7. The molecule has 7 rings (SSSR count). The fourth-order valence-electron chi connectivity index (χ4n) is 6.68. The number of nitrogens with zero attached hydrogens (tertiary/aromatic N) is 2. The van der Waals surface area contributed by atoms with Crippen LogP contribution in [0.1, 0.15) is 78.9 Å². The third-order valence-corrected chi connectivity index (χ3v) is 9.84. The molecular weight excluding hydrogens is 768 g/mol. The van der Waals surface area contributed by atoms with Crippen LogP contribution >= 0.6 is 0 Å². The van der Waals surface area contributed by atoms with Gasteiger partial charge in [-0.1, -0.05) is 84.9 Å². The Hall–Kier alpha value is -6.27. The lowest BCUT2D eigenvalue weighted by Gasteiger charge is -2.24. The Morgan fingerprint density at radius 1 is 0.767 bits per heavy atom. The van der Waals surface area contributed by atoms with E-state index in [9.17, 15) is 18.0 Å². The van der Waals surface area contributed by atoms with Gasteiger partial charge in [0, 0.05) is 17.8 Å². The topological polar surface area (TPSA) is 98.7 Å². The molecule has 6 aromatic rings. The molecule has 1 saturated carbocycles. The van der Waals surface area contributed by atoms with Crippen molar-refractivity contribution in [2.45, 2.75) is 77.7 Å². The second kappa shape index (κ2) is 18.8. The number of benzene rings is 5. The fourth-order valence-corrected chi connectivity index (χ4v) is 6.68. The van der Waals surface area contributed by atoms with Gasteiger partial charge in [-0.25, -0.2) is 9.48 Å². The molecule has 3 N–H and O–H groups in total. The van der Waals surface area contributed by atoms with E-state index in [-0.39, 0.29) is 19.1 Å². The van der Waals surface area contributed by atoms with Gasteiger partial charge in [0.1, 0.15) is 30.3 Å². The summed E-state index contributed by atoms with van der Waals surface area (Å²) in [6, 6.07) is 41.4. The maximum atomic E-state index is 14.1. The van der Waals surface area contributed by atoms with E-state index in [4.69, 9.17) is 14.2 Å². The Morgan fingerprint density at radius 3 is 2.13 bits per heavy atom. The van der Waals surface area contributed by atoms with Crippen molar-refractivity contribution in [3.05, 3.63) is 173 Å². The van der Waals surface area contributed by atoms with Crippen molar-refractivity contribution in [3.8, 4) is 17.2 Å². The van der Waals surface area contributed by atoms with Gasteiger partial charge in [-0.05, 0) is 117 Å². The lowest BCUT2D eigenvalue weighted by atomic mass is 9.96. The lowest BCUT2D eigenvalue weighted by Crippen LogP contribution is -2.32. The van der Waals surface area contributed by atoms with Gasteiger partial charge < -0.3 is 30.2 Å². The number of halogens is 3. The number of nitrogens with one attached hydrogen (secondary N) is 3. The number of aromatic nitrogens is 2. The van der Waals surface area contributed by atoms with Crippen molar-refractivity contribution in [3.63, 3.8) is 0 Å². The van der Waals surface area contributed by atoms with Crippen molar-refractivity contribution >= 4 is 11.8 Å². The number of carbonyl (C=O) groups is 1. The number of rotatable bonds is 17. The van der Waals surface area contributed by atoms with Crippen LogP contribution in [-0.4, -0.2) is 28.0 Å². The van der Waals surface area contributed by atoms with Crippen LogP contribution in [0.2, 0.25) is 0 Å². The smallest absolute Gasteiger partial charge is 0.435 e. The number of anilines is 1. The molecule has 1 unspecified atom stereocenters. The fraction of sp³-hybridized carbons (Fsp3) is 0.292. The molecule has 5 aromatic carbocycles. The summed E-state index contributed by atoms with van der Waals surface area (Å²) in [6.45, 7) is 7.05. The normalized spacial score (nSPS) is 13.4. The largest absolute Gasteiger partial charge is 0.489 e. The van der Waals surface area contributed by atoms with Crippen LogP contribution in [-0.2, 0) is 37.2 Å². The maximum Gasteiger partial charge on any atom is 0.435 e. The van der Waals surface area contributed by atoms with E-state index in [0.717, 1.165) is 47.7 Å².